The van der Waals surface area contributed by atoms with Gasteiger partial charge in [0.25, 0.3) is 5.69 Å². The molecule has 4 heteroatoms. The van der Waals surface area contributed by atoms with Gasteiger partial charge in [0, 0.05) is 19.7 Å². The van der Waals surface area contributed by atoms with Crippen molar-refractivity contribution in [1.29, 1.82) is 0 Å². The SMILES string of the molecule is CCc1cc2c(c([N+](=O)[O-])c1)N(C)CC2. The molecule has 1 aromatic carbocycles. The molecule has 0 saturated heterocycles. The molecule has 0 aromatic heterocycles. The monoisotopic (exact) mass is 206 g/mol. The minimum absolute atomic E-state index is 0.254. The first-order valence-electron chi connectivity index (χ1n) is 5.14. The van der Waals surface area contributed by atoms with E-state index in [1.54, 1.807) is 6.07 Å². The lowest BCUT2D eigenvalue weighted by molar-refractivity contribution is -0.384. The highest BCUT2D eigenvalue weighted by Gasteiger charge is 2.26. The van der Waals surface area contributed by atoms with Crippen LogP contribution in [0.2, 0.25) is 0 Å². The Balaban J connectivity index is 2.61. The number of likely N-dealkylation sites (N-methyl/N-ethyl adjacent to an activating group) is 1. The van der Waals surface area contributed by atoms with Crippen molar-refractivity contribution in [2.45, 2.75) is 19.8 Å². The largest absolute Gasteiger partial charge is 0.368 e. The Hall–Kier alpha value is -1.58. The number of hydrogen-bond donors (Lipinski definition) is 0. The molecule has 4 nitrogen and oxygen atoms in total. The van der Waals surface area contributed by atoms with Crippen LogP contribution in [-0.2, 0) is 12.8 Å². The molecule has 0 fully saturated rings. The summed E-state index contributed by atoms with van der Waals surface area (Å²) in [5.74, 6) is 0. The molecular formula is C11H14N2O2. The van der Waals surface area contributed by atoms with Gasteiger partial charge in [0.05, 0.1) is 4.92 Å². The molecule has 1 aromatic rings. The van der Waals surface area contributed by atoms with Crippen LogP contribution in [0.3, 0.4) is 0 Å². The van der Waals surface area contributed by atoms with E-state index >= 15 is 0 Å². The number of nitro groups is 1. The molecule has 0 unspecified atom stereocenters. The molecule has 80 valence electrons. The molecule has 0 aliphatic carbocycles. The highest BCUT2D eigenvalue weighted by atomic mass is 16.6. The fraction of sp³-hybridized carbons (Fsp3) is 0.455. The summed E-state index contributed by atoms with van der Waals surface area (Å²) in [6, 6.07) is 3.78. The average Bonchev–Trinajstić information content (AvgIpc) is 2.59. The van der Waals surface area contributed by atoms with Gasteiger partial charge in [0.2, 0.25) is 0 Å². The molecule has 1 aliphatic heterocycles. The molecule has 0 atom stereocenters. The summed E-state index contributed by atoms with van der Waals surface area (Å²) in [6.45, 7) is 2.90. The molecule has 1 heterocycles. The van der Waals surface area contributed by atoms with Crippen LogP contribution in [0.25, 0.3) is 0 Å². The summed E-state index contributed by atoms with van der Waals surface area (Å²) in [6.07, 6.45) is 1.76. The summed E-state index contributed by atoms with van der Waals surface area (Å²) in [5.41, 5.74) is 3.22. The number of hydrogen-bond acceptors (Lipinski definition) is 3. The van der Waals surface area contributed by atoms with Crippen molar-refractivity contribution in [1.82, 2.24) is 0 Å². The molecule has 0 saturated carbocycles. The van der Waals surface area contributed by atoms with Crippen LogP contribution in [0, 0.1) is 10.1 Å². The maximum atomic E-state index is 11.0. The first-order chi connectivity index (χ1) is 7.13. The number of anilines is 1. The summed E-state index contributed by atoms with van der Waals surface area (Å²) >= 11 is 0. The fourth-order valence-corrected chi connectivity index (χ4v) is 2.12. The van der Waals surface area contributed by atoms with Gasteiger partial charge in [-0.2, -0.15) is 0 Å². The number of nitrogens with zero attached hydrogens (tertiary/aromatic N) is 2. The van der Waals surface area contributed by atoms with Gasteiger partial charge >= 0.3 is 0 Å². The van der Waals surface area contributed by atoms with E-state index in [2.05, 4.69) is 6.07 Å². The third-order valence-electron chi connectivity index (χ3n) is 2.93. The zero-order valence-corrected chi connectivity index (χ0v) is 8.99. The molecule has 1 aliphatic rings. The number of fused-ring (bicyclic) bond motifs is 1. The fourth-order valence-electron chi connectivity index (χ4n) is 2.12. The van der Waals surface area contributed by atoms with Gasteiger partial charge in [0.1, 0.15) is 5.69 Å². The van der Waals surface area contributed by atoms with Crippen LogP contribution in [0.15, 0.2) is 12.1 Å². The van der Waals surface area contributed by atoms with Crippen LogP contribution < -0.4 is 4.90 Å². The van der Waals surface area contributed by atoms with Gasteiger partial charge in [0.15, 0.2) is 0 Å². The van der Waals surface area contributed by atoms with E-state index < -0.39 is 0 Å². The van der Waals surface area contributed by atoms with Crippen LogP contribution in [0.4, 0.5) is 11.4 Å². The van der Waals surface area contributed by atoms with Crippen LogP contribution in [0.1, 0.15) is 18.1 Å². The zero-order chi connectivity index (χ0) is 11.0. The van der Waals surface area contributed by atoms with E-state index in [-0.39, 0.29) is 10.6 Å². The van der Waals surface area contributed by atoms with Gasteiger partial charge in [-0.1, -0.05) is 13.0 Å². The first kappa shape index (κ1) is 9.96. The minimum atomic E-state index is -0.278. The summed E-state index contributed by atoms with van der Waals surface area (Å²) in [7, 11) is 1.91. The van der Waals surface area contributed by atoms with Gasteiger partial charge in [-0.15, -0.1) is 0 Å². The molecule has 15 heavy (non-hydrogen) atoms. The third-order valence-corrected chi connectivity index (χ3v) is 2.93. The average molecular weight is 206 g/mol. The lowest BCUT2D eigenvalue weighted by atomic mass is 10.0. The van der Waals surface area contributed by atoms with E-state index in [4.69, 9.17) is 0 Å². The maximum absolute atomic E-state index is 11.0. The van der Waals surface area contributed by atoms with E-state index in [0.717, 1.165) is 36.2 Å². The lowest BCUT2D eigenvalue weighted by Gasteiger charge is -2.12. The normalized spacial score (nSPS) is 14.1. The number of rotatable bonds is 2. The Morgan fingerprint density at radius 3 is 2.87 bits per heavy atom. The van der Waals surface area contributed by atoms with Crippen molar-refractivity contribution < 1.29 is 4.92 Å². The van der Waals surface area contributed by atoms with Gasteiger partial charge in [-0.3, -0.25) is 10.1 Å². The van der Waals surface area contributed by atoms with E-state index in [0.29, 0.717) is 0 Å². The highest BCUT2D eigenvalue weighted by Crippen LogP contribution is 2.37. The van der Waals surface area contributed by atoms with E-state index in [1.807, 2.05) is 18.9 Å². The number of nitro benzene ring substituents is 1. The van der Waals surface area contributed by atoms with E-state index in [9.17, 15) is 10.1 Å². The Labute approximate surface area is 88.7 Å². The quantitative estimate of drug-likeness (QED) is 0.550. The molecule has 0 N–H and O–H groups in total. The smallest absolute Gasteiger partial charge is 0.293 e. The van der Waals surface area contributed by atoms with Crippen molar-refractivity contribution in [3.05, 3.63) is 33.4 Å². The van der Waals surface area contributed by atoms with E-state index in [1.165, 1.54) is 0 Å². The van der Waals surface area contributed by atoms with Gasteiger partial charge < -0.3 is 4.90 Å². The second-order valence-electron chi connectivity index (χ2n) is 3.90. The Bertz CT molecular complexity index is 415. The standard InChI is InChI=1S/C11H14N2O2/c1-3-8-6-9-4-5-12(2)11(9)10(7-8)13(14)15/h6-7H,3-5H2,1-2H3. The molecule has 0 amide bonds. The van der Waals surface area contributed by atoms with Gasteiger partial charge in [-0.05, 0) is 24.0 Å². The molecule has 0 bridgehead atoms. The number of aryl methyl sites for hydroxylation is 1. The Morgan fingerprint density at radius 1 is 1.53 bits per heavy atom. The van der Waals surface area contributed by atoms with Crippen molar-refractivity contribution in [3.63, 3.8) is 0 Å². The van der Waals surface area contributed by atoms with Crippen LogP contribution >= 0.6 is 0 Å². The minimum Gasteiger partial charge on any atom is -0.368 e. The topological polar surface area (TPSA) is 46.4 Å². The Morgan fingerprint density at radius 2 is 2.27 bits per heavy atom. The lowest BCUT2D eigenvalue weighted by Crippen LogP contribution is -2.14. The third kappa shape index (κ3) is 1.56. The second kappa shape index (κ2) is 3.53. The first-order valence-corrected chi connectivity index (χ1v) is 5.14. The number of benzene rings is 1. The summed E-state index contributed by atoms with van der Waals surface area (Å²) < 4.78 is 0. The second-order valence-corrected chi connectivity index (χ2v) is 3.90. The molecule has 0 spiro atoms. The molecular weight excluding hydrogens is 192 g/mol. The Kier molecular flexibility index (Phi) is 2.34. The molecule has 0 radical (unpaired) electrons. The molecule has 2 rings (SSSR count). The zero-order valence-electron chi connectivity index (χ0n) is 8.99. The van der Waals surface area contributed by atoms with Crippen LogP contribution in [0.5, 0.6) is 0 Å². The van der Waals surface area contributed by atoms with Crippen molar-refractivity contribution in [3.8, 4) is 0 Å². The van der Waals surface area contributed by atoms with Crippen molar-refractivity contribution in [2.75, 3.05) is 18.5 Å². The summed E-state index contributed by atoms with van der Waals surface area (Å²) in [5, 5.41) is 11.0. The predicted molar refractivity (Wildman–Crippen MR) is 59.4 cm³/mol. The van der Waals surface area contributed by atoms with Crippen molar-refractivity contribution >= 4 is 11.4 Å². The van der Waals surface area contributed by atoms with Crippen LogP contribution in [-0.4, -0.2) is 18.5 Å². The maximum Gasteiger partial charge on any atom is 0.293 e. The predicted octanol–water partition coefficient (Wildman–Crippen LogP) is 2.15. The summed E-state index contributed by atoms with van der Waals surface area (Å²) in [4.78, 5) is 12.6. The van der Waals surface area contributed by atoms with Crippen molar-refractivity contribution in [2.24, 2.45) is 0 Å². The highest BCUT2D eigenvalue weighted by molar-refractivity contribution is 5.71. The van der Waals surface area contributed by atoms with Gasteiger partial charge in [-0.25, -0.2) is 0 Å².